The number of hydrogen-bond donors (Lipinski definition) is 1. The van der Waals surface area contributed by atoms with Crippen molar-refractivity contribution in [2.24, 2.45) is 23.7 Å². The van der Waals surface area contributed by atoms with Crippen LogP contribution in [0.4, 0.5) is 0 Å². The largest absolute Gasteiger partial charge is 0.456 e. The maximum atomic E-state index is 12.7. The van der Waals surface area contributed by atoms with Crippen LogP contribution >= 0.6 is 0 Å². The summed E-state index contributed by atoms with van der Waals surface area (Å²) < 4.78 is 12.6. The molecule has 1 saturated carbocycles. The predicted molar refractivity (Wildman–Crippen MR) is 90.3 cm³/mol. The summed E-state index contributed by atoms with van der Waals surface area (Å²) in [5, 5.41) is 11.2. The van der Waals surface area contributed by atoms with Crippen molar-refractivity contribution >= 4 is 5.97 Å². The fourth-order valence-electron chi connectivity index (χ4n) is 5.99. The molecule has 2 saturated heterocycles. The van der Waals surface area contributed by atoms with Crippen molar-refractivity contribution in [2.75, 3.05) is 0 Å². The molecule has 0 unspecified atom stereocenters. The van der Waals surface area contributed by atoms with Crippen LogP contribution in [-0.4, -0.2) is 34.5 Å². The van der Waals surface area contributed by atoms with Gasteiger partial charge in [-0.1, -0.05) is 18.6 Å². The number of esters is 1. The Morgan fingerprint density at radius 2 is 2.04 bits per heavy atom. The molecule has 0 amide bonds. The standard InChI is InChI=1S/C20H30O4/c1-11-6-5-8-20(4)17-15-13(12(2)18(21)24-20)7-9-19(3,22)16(15)14(10-11)23-17/h6,12-17,22H,5,7-10H2,1-4H3/b11-6-/t12-,13+,14+,15+,16+,17+,19-,20+/m0/s1. The van der Waals surface area contributed by atoms with E-state index in [0.717, 1.165) is 32.1 Å². The summed E-state index contributed by atoms with van der Waals surface area (Å²) in [6.07, 6.45) is 6.37. The molecular formula is C20H30O4. The maximum Gasteiger partial charge on any atom is 0.309 e. The molecule has 0 aromatic heterocycles. The zero-order valence-electron chi connectivity index (χ0n) is 15.2. The van der Waals surface area contributed by atoms with Gasteiger partial charge in [-0.05, 0) is 58.8 Å². The summed E-state index contributed by atoms with van der Waals surface area (Å²) in [6, 6.07) is 0. The summed E-state index contributed by atoms with van der Waals surface area (Å²) in [5.41, 5.74) is 0.000556. The highest BCUT2D eigenvalue weighted by Crippen LogP contribution is 2.58. The van der Waals surface area contributed by atoms with Gasteiger partial charge in [-0.15, -0.1) is 0 Å². The molecule has 0 aromatic carbocycles. The third-order valence-electron chi connectivity index (χ3n) is 7.29. The quantitative estimate of drug-likeness (QED) is 0.546. The number of allylic oxidation sites excluding steroid dienone is 1. The highest BCUT2D eigenvalue weighted by atomic mass is 16.6. The molecule has 1 N–H and O–H groups in total. The lowest BCUT2D eigenvalue weighted by Crippen LogP contribution is -2.52. The number of fused-ring (bicyclic) bond motifs is 2. The van der Waals surface area contributed by atoms with Crippen LogP contribution in [0.25, 0.3) is 0 Å². The van der Waals surface area contributed by atoms with Gasteiger partial charge in [0.25, 0.3) is 0 Å². The van der Waals surface area contributed by atoms with E-state index in [9.17, 15) is 9.90 Å². The maximum absolute atomic E-state index is 12.7. The number of rotatable bonds is 0. The Morgan fingerprint density at radius 3 is 2.79 bits per heavy atom. The molecule has 4 aliphatic rings. The molecule has 3 fully saturated rings. The van der Waals surface area contributed by atoms with Gasteiger partial charge in [-0.25, -0.2) is 0 Å². The van der Waals surface area contributed by atoms with Crippen LogP contribution in [0, 0.1) is 23.7 Å². The second kappa shape index (κ2) is 5.31. The molecule has 134 valence electrons. The number of carbonyl (C=O) groups is 1. The van der Waals surface area contributed by atoms with Gasteiger partial charge in [0.05, 0.1) is 17.6 Å². The van der Waals surface area contributed by atoms with Crippen molar-refractivity contribution in [1.29, 1.82) is 0 Å². The van der Waals surface area contributed by atoms with Crippen LogP contribution < -0.4 is 0 Å². The van der Waals surface area contributed by atoms with E-state index in [-0.39, 0.29) is 41.8 Å². The summed E-state index contributed by atoms with van der Waals surface area (Å²) in [7, 11) is 0. The molecular weight excluding hydrogens is 304 g/mol. The number of aliphatic hydroxyl groups is 1. The Labute approximate surface area is 144 Å². The monoisotopic (exact) mass is 334 g/mol. The Morgan fingerprint density at radius 1 is 1.29 bits per heavy atom. The lowest BCUT2D eigenvalue weighted by Gasteiger charge is -2.46. The van der Waals surface area contributed by atoms with Crippen molar-refractivity contribution in [2.45, 2.75) is 83.2 Å². The van der Waals surface area contributed by atoms with E-state index < -0.39 is 11.2 Å². The van der Waals surface area contributed by atoms with Gasteiger partial charge in [-0.2, -0.15) is 0 Å². The molecule has 4 nitrogen and oxygen atoms in total. The van der Waals surface area contributed by atoms with Crippen LogP contribution in [0.15, 0.2) is 11.6 Å². The topological polar surface area (TPSA) is 55.8 Å². The van der Waals surface area contributed by atoms with Crippen LogP contribution in [0.1, 0.15) is 59.8 Å². The summed E-state index contributed by atoms with van der Waals surface area (Å²) in [5.74, 6) is 0.339. The van der Waals surface area contributed by atoms with Crippen molar-refractivity contribution in [3.8, 4) is 0 Å². The minimum Gasteiger partial charge on any atom is -0.456 e. The number of carbonyl (C=O) groups excluding carboxylic acids is 1. The normalized spacial score (nSPS) is 56.2. The average molecular weight is 334 g/mol. The van der Waals surface area contributed by atoms with Gasteiger partial charge in [-0.3, -0.25) is 4.79 Å². The van der Waals surface area contributed by atoms with E-state index >= 15 is 0 Å². The van der Waals surface area contributed by atoms with Crippen molar-refractivity contribution in [3.05, 3.63) is 11.6 Å². The molecule has 0 radical (unpaired) electrons. The summed E-state index contributed by atoms with van der Waals surface area (Å²) in [4.78, 5) is 12.7. The smallest absolute Gasteiger partial charge is 0.309 e. The van der Waals surface area contributed by atoms with E-state index in [0.29, 0.717) is 0 Å². The third-order valence-corrected chi connectivity index (χ3v) is 7.29. The van der Waals surface area contributed by atoms with Gasteiger partial charge in [0.2, 0.25) is 0 Å². The van der Waals surface area contributed by atoms with Gasteiger partial charge in [0.1, 0.15) is 11.7 Å². The summed E-state index contributed by atoms with van der Waals surface area (Å²) >= 11 is 0. The molecule has 2 bridgehead atoms. The zero-order valence-corrected chi connectivity index (χ0v) is 15.2. The lowest BCUT2D eigenvalue weighted by atomic mass is 9.58. The molecule has 1 aliphatic carbocycles. The minimum absolute atomic E-state index is 0.0236. The third kappa shape index (κ3) is 2.29. The molecule has 0 spiro atoms. The first-order valence-corrected chi connectivity index (χ1v) is 9.49. The highest BCUT2D eigenvalue weighted by molar-refractivity contribution is 5.73. The van der Waals surface area contributed by atoms with Gasteiger partial charge >= 0.3 is 5.97 Å². The van der Waals surface area contributed by atoms with Crippen molar-refractivity contribution < 1.29 is 19.4 Å². The number of hydrogen-bond acceptors (Lipinski definition) is 4. The minimum atomic E-state index is -0.728. The molecule has 24 heavy (non-hydrogen) atoms. The average Bonchev–Trinajstić information content (AvgIpc) is 2.86. The Balaban J connectivity index is 1.86. The molecule has 0 aromatic rings. The van der Waals surface area contributed by atoms with Gasteiger partial charge in [0.15, 0.2) is 0 Å². The lowest BCUT2D eigenvalue weighted by molar-refractivity contribution is -0.177. The molecule has 3 heterocycles. The molecule has 3 aliphatic heterocycles. The fraction of sp³-hybridized carbons (Fsp3) is 0.850. The second-order valence-corrected chi connectivity index (χ2v) is 9.07. The fourth-order valence-corrected chi connectivity index (χ4v) is 5.99. The predicted octanol–water partition coefficient (Wildman–Crippen LogP) is 3.23. The van der Waals surface area contributed by atoms with Crippen LogP contribution in [0.5, 0.6) is 0 Å². The van der Waals surface area contributed by atoms with E-state index in [1.807, 2.05) is 20.8 Å². The first kappa shape index (κ1) is 16.6. The Bertz CT molecular complexity index is 580. The van der Waals surface area contributed by atoms with E-state index in [2.05, 4.69) is 13.0 Å². The van der Waals surface area contributed by atoms with Crippen LogP contribution in [-0.2, 0) is 14.3 Å². The summed E-state index contributed by atoms with van der Waals surface area (Å²) in [6.45, 7) is 8.16. The Hall–Kier alpha value is -0.870. The number of ether oxygens (including phenoxy) is 2. The van der Waals surface area contributed by atoms with E-state index in [1.165, 1.54) is 5.57 Å². The zero-order chi connectivity index (χ0) is 17.3. The first-order valence-electron chi connectivity index (χ1n) is 9.49. The van der Waals surface area contributed by atoms with Gasteiger partial charge in [0, 0.05) is 11.8 Å². The molecule has 8 atom stereocenters. The molecule has 4 heteroatoms. The van der Waals surface area contributed by atoms with Crippen molar-refractivity contribution in [3.63, 3.8) is 0 Å². The SMILES string of the molecule is C/C1=C/CC[C@@]2(C)OC(=O)[C@@H](C)[C@H]3CC[C@](C)(O)[C@H]4[C@@H]3[C@H]2O[C@@H]4C1. The van der Waals surface area contributed by atoms with E-state index in [1.54, 1.807) is 0 Å². The van der Waals surface area contributed by atoms with E-state index in [4.69, 9.17) is 9.47 Å². The highest BCUT2D eigenvalue weighted by Gasteiger charge is 2.64. The molecule has 4 rings (SSSR count). The van der Waals surface area contributed by atoms with Gasteiger partial charge < -0.3 is 14.6 Å². The Kier molecular flexibility index (Phi) is 3.67. The second-order valence-electron chi connectivity index (χ2n) is 9.07. The first-order chi connectivity index (χ1) is 11.2. The van der Waals surface area contributed by atoms with Crippen LogP contribution in [0.2, 0.25) is 0 Å². The van der Waals surface area contributed by atoms with Crippen molar-refractivity contribution in [1.82, 2.24) is 0 Å². The van der Waals surface area contributed by atoms with Crippen LogP contribution in [0.3, 0.4) is 0 Å².